The van der Waals surface area contributed by atoms with Crippen molar-refractivity contribution in [3.63, 3.8) is 0 Å². The minimum atomic E-state index is 0.135. The molecule has 0 fully saturated rings. The van der Waals surface area contributed by atoms with Gasteiger partial charge in [0, 0.05) is 14.2 Å². The van der Waals surface area contributed by atoms with Crippen LogP contribution in [0.4, 0.5) is 11.9 Å². The molecule has 1 atom stereocenters. The average Bonchev–Trinajstić information content (AvgIpc) is 2.28. The lowest BCUT2D eigenvalue weighted by Gasteiger charge is -2.24. The van der Waals surface area contributed by atoms with Crippen molar-refractivity contribution in [3.05, 3.63) is 0 Å². The number of hydrogen-bond acceptors (Lipinski definition) is 7. The molecule has 0 saturated heterocycles. The molecule has 1 aromatic heterocycles. The van der Waals surface area contributed by atoms with Crippen LogP contribution in [0.3, 0.4) is 0 Å². The van der Waals surface area contributed by atoms with Crippen molar-refractivity contribution in [2.45, 2.75) is 19.9 Å². The Morgan fingerprint density at radius 3 is 2.65 bits per heavy atom. The number of aromatic nitrogens is 3. The highest BCUT2D eigenvalue weighted by Gasteiger charge is 2.15. The zero-order valence-electron chi connectivity index (χ0n) is 10.7. The van der Waals surface area contributed by atoms with Crippen molar-refractivity contribution in [2.24, 2.45) is 0 Å². The second kappa shape index (κ2) is 6.19. The van der Waals surface area contributed by atoms with Gasteiger partial charge in [0.05, 0.1) is 19.3 Å². The van der Waals surface area contributed by atoms with Gasteiger partial charge < -0.3 is 20.1 Å². The van der Waals surface area contributed by atoms with Crippen molar-refractivity contribution >= 4 is 11.9 Å². The molecule has 96 valence electrons. The second-order valence-corrected chi connectivity index (χ2v) is 3.62. The number of likely N-dealkylation sites (N-methyl/N-ethyl adjacent to an activating group) is 1. The Morgan fingerprint density at radius 1 is 1.35 bits per heavy atom. The van der Waals surface area contributed by atoms with Gasteiger partial charge >= 0.3 is 6.01 Å². The van der Waals surface area contributed by atoms with Crippen molar-refractivity contribution < 1.29 is 9.47 Å². The highest BCUT2D eigenvalue weighted by Crippen LogP contribution is 2.14. The normalized spacial score (nSPS) is 12.2. The Bertz CT molecular complexity index is 361. The number of nitrogens with two attached hydrogens (primary N) is 1. The molecule has 0 radical (unpaired) electrons. The Balaban J connectivity index is 2.88. The van der Waals surface area contributed by atoms with E-state index in [1.54, 1.807) is 7.11 Å². The number of ether oxygens (including phenoxy) is 2. The summed E-state index contributed by atoms with van der Waals surface area (Å²) in [6, 6.07) is 0.378. The fourth-order valence-electron chi connectivity index (χ4n) is 1.26. The first kappa shape index (κ1) is 13.4. The average molecular weight is 241 g/mol. The number of methoxy groups -OCH3 is 1. The molecule has 2 N–H and O–H groups in total. The highest BCUT2D eigenvalue weighted by atomic mass is 16.5. The van der Waals surface area contributed by atoms with E-state index < -0.39 is 0 Å². The molecule has 1 unspecified atom stereocenters. The largest absolute Gasteiger partial charge is 0.464 e. The minimum Gasteiger partial charge on any atom is -0.464 e. The lowest BCUT2D eigenvalue weighted by atomic mass is 10.3. The summed E-state index contributed by atoms with van der Waals surface area (Å²) in [5, 5.41) is 0. The van der Waals surface area contributed by atoms with E-state index in [1.165, 1.54) is 0 Å². The molecule has 17 heavy (non-hydrogen) atoms. The van der Waals surface area contributed by atoms with Gasteiger partial charge in [-0.15, -0.1) is 0 Å². The third-order valence-electron chi connectivity index (χ3n) is 2.28. The van der Waals surface area contributed by atoms with Gasteiger partial charge in [0.15, 0.2) is 0 Å². The zero-order chi connectivity index (χ0) is 12.8. The number of nitrogens with zero attached hydrogens (tertiary/aromatic N) is 4. The number of hydrogen-bond donors (Lipinski definition) is 1. The maximum absolute atomic E-state index is 5.60. The maximum Gasteiger partial charge on any atom is 0.323 e. The lowest BCUT2D eigenvalue weighted by molar-refractivity contribution is 0.182. The van der Waals surface area contributed by atoms with Crippen LogP contribution in [0.2, 0.25) is 0 Å². The standard InChI is InChI=1S/C10H19N5O2/c1-5-17-10-13-8(11)12-9(14-10)15(3)7(2)6-16-4/h7H,5-6H2,1-4H3,(H2,11,12,13,14). The molecular formula is C10H19N5O2. The van der Waals surface area contributed by atoms with Crippen LogP contribution in [0.1, 0.15) is 13.8 Å². The van der Waals surface area contributed by atoms with Crippen LogP contribution in [-0.2, 0) is 4.74 Å². The summed E-state index contributed by atoms with van der Waals surface area (Å²) >= 11 is 0. The van der Waals surface area contributed by atoms with Crippen LogP contribution in [0, 0.1) is 0 Å². The van der Waals surface area contributed by atoms with Gasteiger partial charge in [-0.05, 0) is 13.8 Å². The molecule has 1 heterocycles. The summed E-state index contributed by atoms with van der Waals surface area (Å²) in [6.07, 6.45) is 0. The first-order chi connectivity index (χ1) is 8.08. The Labute approximate surface area is 101 Å². The van der Waals surface area contributed by atoms with Crippen molar-refractivity contribution in [2.75, 3.05) is 38.0 Å². The molecule has 0 saturated carbocycles. The van der Waals surface area contributed by atoms with Gasteiger partial charge in [0.25, 0.3) is 0 Å². The maximum atomic E-state index is 5.60. The zero-order valence-corrected chi connectivity index (χ0v) is 10.7. The lowest BCUT2D eigenvalue weighted by Crippen LogP contribution is -2.34. The summed E-state index contributed by atoms with van der Waals surface area (Å²) in [5.74, 6) is 0.625. The van der Waals surface area contributed by atoms with Gasteiger partial charge in [-0.25, -0.2) is 0 Å². The minimum absolute atomic E-state index is 0.135. The molecule has 0 aliphatic rings. The summed E-state index contributed by atoms with van der Waals surface area (Å²) in [5.41, 5.74) is 5.60. The fourth-order valence-corrected chi connectivity index (χ4v) is 1.26. The van der Waals surface area contributed by atoms with E-state index in [-0.39, 0.29) is 18.0 Å². The molecule has 0 amide bonds. The van der Waals surface area contributed by atoms with E-state index in [0.29, 0.717) is 19.2 Å². The molecule has 1 rings (SSSR count). The van der Waals surface area contributed by atoms with E-state index in [2.05, 4.69) is 15.0 Å². The van der Waals surface area contributed by atoms with E-state index in [9.17, 15) is 0 Å². The SMILES string of the molecule is CCOc1nc(N)nc(N(C)C(C)COC)n1. The predicted octanol–water partition coefficient (Wildman–Crippen LogP) is 0.324. The fraction of sp³-hybridized carbons (Fsp3) is 0.700. The molecule has 0 spiro atoms. The predicted molar refractivity (Wildman–Crippen MR) is 65.1 cm³/mol. The van der Waals surface area contributed by atoms with Crippen molar-refractivity contribution in [3.8, 4) is 6.01 Å². The Hall–Kier alpha value is -1.63. The molecule has 7 heteroatoms. The number of nitrogen functional groups attached to an aromatic ring is 1. The Morgan fingerprint density at radius 2 is 2.06 bits per heavy atom. The molecular weight excluding hydrogens is 222 g/mol. The monoisotopic (exact) mass is 241 g/mol. The van der Waals surface area contributed by atoms with E-state index in [0.717, 1.165) is 0 Å². The third-order valence-corrected chi connectivity index (χ3v) is 2.28. The van der Waals surface area contributed by atoms with Gasteiger partial charge in [-0.3, -0.25) is 0 Å². The second-order valence-electron chi connectivity index (χ2n) is 3.62. The van der Waals surface area contributed by atoms with Gasteiger partial charge in [0.2, 0.25) is 11.9 Å². The molecule has 0 aliphatic carbocycles. The van der Waals surface area contributed by atoms with Crippen LogP contribution >= 0.6 is 0 Å². The van der Waals surface area contributed by atoms with Crippen LogP contribution < -0.4 is 15.4 Å². The van der Waals surface area contributed by atoms with Gasteiger partial charge in [-0.1, -0.05) is 0 Å². The van der Waals surface area contributed by atoms with Gasteiger partial charge in [0.1, 0.15) is 0 Å². The molecule has 7 nitrogen and oxygen atoms in total. The number of anilines is 2. The molecule has 1 aromatic rings. The number of rotatable bonds is 6. The summed E-state index contributed by atoms with van der Waals surface area (Å²) in [4.78, 5) is 14.0. The molecule has 0 bridgehead atoms. The van der Waals surface area contributed by atoms with Crippen LogP contribution in [-0.4, -0.2) is 48.4 Å². The van der Waals surface area contributed by atoms with Crippen LogP contribution in [0.25, 0.3) is 0 Å². The van der Waals surface area contributed by atoms with Crippen LogP contribution in [0.15, 0.2) is 0 Å². The van der Waals surface area contributed by atoms with Crippen LogP contribution in [0.5, 0.6) is 6.01 Å². The first-order valence-electron chi connectivity index (χ1n) is 5.44. The van der Waals surface area contributed by atoms with E-state index >= 15 is 0 Å². The summed E-state index contributed by atoms with van der Waals surface area (Å²) in [6.45, 7) is 4.92. The molecule has 0 aliphatic heterocycles. The topological polar surface area (TPSA) is 86.4 Å². The third kappa shape index (κ3) is 3.70. The van der Waals surface area contributed by atoms with Crippen molar-refractivity contribution in [1.82, 2.24) is 15.0 Å². The summed E-state index contributed by atoms with van der Waals surface area (Å²) < 4.78 is 10.3. The van der Waals surface area contributed by atoms with Crippen molar-refractivity contribution in [1.29, 1.82) is 0 Å². The molecule has 0 aromatic carbocycles. The first-order valence-corrected chi connectivity index (χ1v) is 5.44. The smallest absolute Gasteiger partial charge is 0.323 e. The van der Waals surface area contributed by atoms with Gasteiger partial charge in [-0.2, -0.15) is 15.0 Å². The van der Waals surface area contributed by atoms with E-state index in [4.69, 9.17) is 15.2 Å². The highest BCUT2D eigenvalue weighted by molar-refractivity contribution is 5.36. The van der Waals surface area contributed by atoms with E-state index in [1.807, 2.05) is 25.8 Å². The summed E-state index contributed by atoms with van der Waals surface area (Å²) in [7, 11) is 3.52. The Kier molecular flexibility index (Phi) is 4.89. The quantitative estimate of drug-likeness (QED) is 0.767.